The van der Waals surface area contributed by atoms with Gasteiger partial charge >= 0.3 is 5.97 Å². The van der Waals surface area contributed by atoms with Gasteiger partial charge in [-0.25, -0.2) is 4.79 Å². The summed E-state index contributed by atoms with van der Waals surface area (Å²) in [6.45, 7) is 0.248. The summed E-state index contributed by atoms with van der Waals surface area (Å²) in [6.07, 6.45) is 2.08. The Morgan fingerprint density at radius 1 is 1.56 bits per heavy atom. The van der Waals surface area contributed by atoms with Gasteiger partial charge in [0, 0.05) is 18.8 Å². The molecule has 0 aliphatic carbocycles. The SMILES string of the molecule is O=CNC(CCn1ccccc1=O)C(=O)O. The van der Waals surface area contributed by atoms with Crippen LogP contribution in [0.1, 0.15) is 6.42 Å². The zero-order valence-corrected chi connectivity index (χ0v) is 8.50. The van der Waals surface area contributed by atoms with Gasteiger partial charge in [-0.2, -0.15) is 0 Å². The molecule has 86 valence electrons. The second-order valence-electron chi connectivity index (χ2n) is 3.20. The number of aromatic nitrogens is 1. The van der Waals surface area contributed by atoms with Gasteiger partial charge in [0.15, 0.2) is 0 Å². The first-order chi connectivity index (χ1) is 7.65. The standard InChI is InChI=1S/C10H12N2O4/c13-7-11-8(10(15)16)4-6-12-5-2-1-3-9(12)14/h1-3,5,7-8H,4,6H2,(H,11,13)(H,15,16). The van der Waals surface area contributed by atoms with Crippen LogP contribution in [0.15, 0.2) is 29.2 Å². The highest BCUT2D eigenvalue weighted by Gasteiger charge is 2.15. The summed E-state index contributed by atoms with van der Waals surface area (Å²) in [5.41, 5.74) is -0.197. The molecule has 0 aliphatic rings. The Hall–Kier alpha value is -2.11. The van der Waals surface area contributed by atoms with Crippen LogP contribution in [0.5, 0.6) is 0 Å². The zero-order valence-electron chi connectivity index (χ0n) is 8.50. The van der Waals surface area contributed by atoms with Crippen molar-refractivity contribution in [3.05, 3.63) is 34.7 Å². The molecular weight excluding hydrogens is 212 g/mol. The molecule has 1 amide bonds. The molecule has 0 aliphatic heterocycles. The third kappa shape index (κ3) is 3.23. The third-order valence-electron chi connectivity index (χ3n) is 2.13. The fourth-order valence-corrected chi connectivity index (χ4v) is 1.27. The lowest BCUT2D eigenvalue weighted by atomic mass is 10.2. The maximum atomic E-state index is 11.3. The van der Waals surface area contributed by atoms with Gasteiger partial charge < -0.3 is 15.0 Å². The van der Waals surface area contributed by atoms with Gasteiger partial charge in [0.05, 0.1) is 0 Å². The van der Waals surface area contributed by atoms with Crippen molar-refractivity contribution in [2.45, 2.75) is 19.0 Å². The number of nitrogens with one attached hydrogen (secondary N) is 1. The molecule has 1 aromatic heterocycles. The third-order valence-corrected chi connectivity index (χ3v) is 2.13. The molecule has 6 nitrogen and oxygen atoms in total. The molecule has 0 aromatic carbocycles. The van der Waals surface area contributed by atoms with E-state index in [0.29, 0.717) is 6.41 Å². The van der Waals surface area contributed by atoms with Crippen LogP contribution in [0.4, 0.5) is 0 Å². The Morgan fingerprint density at radius 2 is 2.31 bits per heavy atom. The molecule has 16 heavy (non-hydrogen) atoms. The van der Waals surface area contributed by atoms with Gasteiger partial charge in [0.2, 0.25) is 12.0 Å². The zero-order chi connectivity index (χ0) is 12.0. The average Bonchev–Trinajstić information content (AvgIpc) is 2.26. The molecule has 1 aromatic rings. The Labute approximate surface area is 91.5 Å². The average molecular weight is 224 g/mol. The minimum absolute atomic E-state index is 0.165. The van der Waals surface area contributed by atoms with E-state index >= 15 is 0 Å². The van der Waals surface area contributed by atoms with E-state index in [-0.39, 0.29) is 18.5 Å². The van der Waals surface area contributed by atoms with Crippen molar-refractivity contribution in [1.82, 2.24) is 9.88 Å². The monoisotopic (exact) mass is 224 g/mol. The Morgan fingerprint density at radius 3 is 2.88 bits per heavy atom. The summed E-state index contributed by atoms with van der Waals surface area (Å²) in [7, 11) is 0. The Balaban J connectivity index is 2.62. The predicted molar refractivity (Wildman–Crippen MR) is 55.9 cm³/mol. The Bertz CT molecular complexity index is 427. The molecule has 0 bridgehead atoms. The number of carboxylic acid groups (broad SMARTS) is 1. The molecule has 0 spiro atoms. The number of hydrogen-bond donors (Lipinski definition) is 2. The molecule has 0 fully saturated rings. The van der Waals surface area contributed by atoms with Crippen LogP contribution in [0.3, 0.4) is 0 Å². The lowest BCUT2D eigenvalue weighted by Crippen LogP contribution is -2.37. The molecule has 0 saturated carbocycles. The summed E-state index contributed by atoms with van der Waals surface area (Å²) < 4.78 is 1.39. The van der Waals surface area contributed by atoms with Gasteiger partial charge in [-0.15, -0.1) is 0 Å². The first-order valence-corrected chi connectivity index (χ1v) is 4.73. The summed E-state index contributed by atoms with van der Waals surface area (Å²) in [5, 5.41) is 10.9. The number of carboxylic acids is 1. The highest BCUT2D eigenvalue weighted by Crippen LogP contribution is 1.95. The maximum Gasteiger partial charge on any atom is 0.326 e. The second-order valence-corrected chi connectivity index (χ2v) is 3.20. The van der Waals surface area contributed by atoms with Crippen LogP contribution in [0, 0.1) is 0 Å². The first-order valence-electron chi connectivity index (χ1n) is 4.73. The highest BCUT2D eigenvalue weighted by atomic mass is 16.4. The van der Waals surface area contributed by atoms with Gasteiger partial charge in [0.1, 0.15) is 6.04 Å². The molecule has 0 saturated heterocycles. The molecule has 1 atom stereocenters. The smallest absolute Gasteiger partial charge is 0.326 e. The second kappa shape index (κ2) is 5.69. The number of nitrogens with zero attached hydrogens (tertiary/aromatic N) is 1. The fourth-order valence-electron chi connectivity index (χ4n) is 1.27. The van der Waals surface area contributed by atoms with Crippen LogP contribution in [0.2, 0.25) is 0 Å². The predicted octanol–water partition coefficient (Wildman–Crippen LogP) is -0.562. The van der Waals surface area contributed by atoms with Crippen molar-refractivity contribution in [3.8, 4) is 0 Å². The van der Waals surface area contributed by atoms with Crippen molar-refractivity contribution >= 4 is 12.4 Å². The van der Waals surface area contributed by atoms with Crippen LogP contribution in [-0.4, -0.2) is 28.1 Å². The van der Waals surface area contributed by atoms with Crippen LogP contribution in [0.25, 0.3) is 0 Å². The van der Waals surface area contributed by atoms with E-state index < -0.39 is 12.0 Å². The highest BCUT2D eigenvalue weighted by molar-refractivity contribution is 5.76. The number of carbonyl (C=O) groups is 2. The van der Waals surface area contributed by atoms with E-state index in [1.807, 2.05) is 0 Å². The van der Waals surface area contributed by atoms with E-state index in [1.165, 1.54) is 10.6 Å². The molecule has 2 N–H and O–H groups in total. The van der Waals surface area contributed by atoms with E-state index in [2.05, 4.69) is 5.32 Å². The summed E-state index contributed by atoms with van der Waals surface area (Å²) in [4.78, 5) is 32.1. The normalized spacial score (nSPS) is 11.8. The maximum absolute atomic E-state index is 11.3. The van der Waals surface area contributed by atoms with Gasteiger partial charge in [0.25, 0.3) is 0 Å². The summed E-state index contributed by atoms with van der Waals surface area (Å²) in [6, 6.07) is 3.72. The molecule has 1 heterocycles. The van der Waals surface area contributed by atoms with E-state index in [4.69, 9.17) is 5.11 Å². The van der Waals surface area contributed by atoms with Crippen LogP contribution < -0.4 is 10.9 Å². The van der Waals surface area contributed by atoms with E-state index in [0.717, 1.165) is 0 Å². The Kier molecular flexibility index (Phi) is 4.26. The van der Waals surface area contributed by atoms with Crippen molar-refractivity contribution in [2.75, 3.05) is 0 Å². The number of pyridine rings is 1. The van der Waals surface area contributed by atoms with Crippen LogP contribution >= 0.6 is 0 Å². The van der Waals surface area contributed by atoms with Crippen molar-refractivity contribution < 1.29 is 14.7 Å². The number of amides is 1. The topological polar surface area (TPSA) is 88.4 Å². The van der Waals surface area contributed by atoms with Crippen molar-refractivity contribution in [3.63, 3.8) is 0 Å². The van der Waals surface area contributed by atoms with Crippen molar-refractivity contribution in [1.29, 1.82) is 0 Å². The van der Waals surface area contributed by atoms with E-state index in [1.54, 1.807) is 18.3 Å². The van der Waals surface area contributed by atoms with Gasteiger partial charge in [-0.05, 0) is 12.5 Å². The largest absolute Gasteiger partial charge is 0.480 e. The molecule has 0 radical (unpaired) electrons. The quantitative estimate of drug-likeness (QED) is 0.634. The lowest BCUT2D eigenvalue weighted by Gasteiger charge is -2.11. The van der Waals surface area contributed by atoms with Crippen molar-refractivity contribution in [2.24, 2.45) is 0 Å². The molecule has 6 heteroatoms. The summed E-state index contributed by atoms with van der Waals surface area (Å²) >= 11 is 0. The van der Waals surface area contributed by atoms with Crippen LogP contribution in [-0.2, 0) is 16.1 Å². The molecular formula is C10H12N2O4. The van der Waals surface area contributed by atoms with E-state index in [9.17, 15) is 14.4 Å². The minimum Gasteiger partial charge on any atom is -0.480 e. The van der Waals surface area contributed by atoms with Gasteiger partial charge in [-0.3, -0.25) is 9.59 Å². The number of aryl methyl sites for hydroxylation is 1. The summed E-state index contributed by atoms with van der Waals surface area (Å²) in [5.74, 6) is -1.11. The number of hydrogen-bond acceptors (Lipinski definition) is 3. The number of aliphatic carboxylic acids is 1. The van der Waals surface area contributed by atoms with Gasteiger partial charge in [-0.1, -0.05) is 6.07 Å². The molecule has 1 rings (SSSR count). The lowest BCUT2D eigenvalue weighted by molar-refractivity contribution is -0.140. The minimum atomic E-state index is -1.11. The molecule has 1 unspecified atom stereocenters. The fraction of sp³-hybridized carbons (Fsp3) is 0.300. The number of rotatable bonds is 6. The number of carbonyl (C=O) groups excluding carboxylic acids is 1. The first kappa shape index (κ1) is 12.0.